The molecule has 1 atom stereocenters. The first-order valence-corrected chi connectivity index (χ1v) is 8.60. The van der Waals surface area contributed by atoms with Crippen molar-refractivity contribution in [3.8, 4) is 0 Å². The summed E-state index contributed by atoms with van der Waals surface area (Å²) >= 11 is 1.71. The minimum absolute atomic E-state index is 0.0486. The molecule has 0 bridgehead atoms. The second kappa shape index (κ2) is 11.9. The predicted molar refractivity (Wildman–Crippen MR) is 84.3 cm³/mol. The minimum Gasteiger partial charge on any atom is -0.481 e. The lowest BCUT2D eigenvalue weighted by atomic mass is 9.94. The van der Waals surface area contributed by atoms with E-state index in [1.54, 1.807) is 23.7 Å². The van der Waals surface area contributed by atoms with E-state index in [9.17, 15) is 9.59 Å². The Hall–Kier alpha value is -0.910. The number of carboxylic acids is 1. The Morgan fingerprint density at radius 1 is 1.30 bits per heavy atom. The number of carbonyl (C=O) groups is 2. The Morgan fingerprint density at radius 2 is 2.00 bits per heavy atom. The maximum Gasteiger partial charge on any atom is 0.317 e. The molecule has 0 aromatic heterocycles. The van der Waals surface area contributed by atoms with E-state index < -0.39 is 5.97 Å². The van der Waals surface area contributed by atoms with Crippen molar-refractivity contribution < 1.29 is 14.7 Å². The van der Waals surface area contributed by atoms with Crippen LogP contribution in [0.4, 0.5) is 4.79 Å². The fraction of sp³-hybridized carbons (Fsp3) is 0.857. The number of urea groups is 1. The third kappa shape index (κ3) is 9.95. The highest BCUT2D eigenvalue weighted by molar-refractivity contribution is 7.98. The van der Waals surface area contributed by atoms with Crippen LogP contribution in [0.1, 0.15) is 39.0 Å². The molecule has 118 valence electrons. The predicted octanol–water partition coefficient (Wildman–Crippen LogP) is 2.66. The summed E-state index contributed by atoms with van der Waals surface area (Å²) in [5, 5.41) is 11.6. The summed E-state index contributed by atoms with van der Waals surface area (Å²) in [6.07, 6.45) is 5.84. The van der Waals surface area contributed by atoms with Crippen molar-refractivity contribution >= 4 is 23.8 Å². The second-order valence-electron chi connectivity index (χ2n) is 5.02. The Bertz CT molecular complexity index is 288. The summed E-state index contributed by atoms with van der Waals surface area (Å²) in [4.78, 5) is 24.1. The first-order valence-electron chi connectivity index (χ1n) is 7.20. The molecule has 0 saturated carbocycles. The lowest BCUT2D eigenvalue weighted by Gasteiger charge is -2.19. The Balaban J connectivity index is 3.91. The van der Waals surface area contributed by atoms with Crippen LogP contribution in [-0.2, 0) is 4.79 Å². The minimum atomic E-state index is -0.744. The van der Waals surface area contributed by atoms with E-state index in [0.717, 1.165) is 31.6 Å². The van der Waals surface area contributed by atoms with E-state index in [4.69, 9.17) is 5.11 Å². The Labute approximate surface area is 126 Å². The maximum absolute atomic E-state index is 11.8. The average molecular weight is 304 g/mol. The van der Waals surface area contributed by atoms with Crippen LogP contribution in [0.5, 0.6) is 0 Å². The highest BCUT2D eigenvalue weighted by Crippen LogP contribution is 2.17. The zero-order chi connectivity index (χ0) is 15.4. The van der Waals surface area contributed by atoms with Crippen LogP contribution in [0.2, 0.25) is 0 Å². The number of carbonyl (C=O) groups excluding carboxylic acids is 1. The van der Waals surface area contributed by atoms with Gasteiger partial charge in [-0.15, -0.1) is 0 Å². The molecule has 0 radical (unpaired) electrons. The second-order valence-corrected chi connectivity index (χ2v) is 6.01. The standard InChI is InChI=1S/C14H28N2O3S/c1-4-5-12(6-7-13(17)18)8-9-15-14(19)16(2)10-11-20-3/h12H,4-11H2,1-3H3,(H,15,19)(H,17,18). The molecule has 0 aliphatic carbocycles. The molecule has 0 rings (SSSR count). The van der Waals surface area contributed by atoms with Crippen LogP contribution < -0.4 is 5.32 Å². The van der Waals surface area contributed by atoms with Gasteiger partial charge in [0.05, 0.1) is 0 Å². The number of aliphatic carboxylic acids is 1. The Kier molecular flexibility index (Phi) is 11.3. The van der Waals surface area contributed by atoms with Gasteiger partial charge in [0.1, 0.15) is 0 Å². The first-order chi connectivity index (χ1) is 9.51. The van der Waals surface area contributed by atoms with Crippen molar-refractivity contribution in [1.29, 1.82) is 0 Å². The quantitative estimate of drug-likeness (QED) is 0.616. The van der Waals surface area contributed by atoms with Gasteiger partial charge < -0.3 is 15.3 Å². The molecule has 0 aliphatic heterocycles. The van der Waals surface area contributed by atoms with Crippen LogP contribution in [0.3, 0.4) is 0 Å². The third-order valence-corrected chi connectivity index (χ3v) is 3.86. The molecule has 5 nitrogen and oxygen atoms in total. The topological polar surface area (TPSA) is 69.6 Å². The van der Waals surface area contributed by atoms with E-state index in [0.29, 0.717) is 18.9 Å². The monoisotopic (exact) mass is 304 g/mol. The number of hydrogen-bond donors (Lipinski definition) is 2. The first kappa shape index (κ1) is 19.1. The molecule has 0 aromatic rings. The van der Waals surface area contributed by atoms with Gasteiger partial charge >= 0.3 is 12.0 Å². The lowest BCUT2D eigenvalue weighted by Crippen LogP contribution is -2.39. The van der Waals surface area contributed by atoms with Crippen molar-refractivity contribution in [1.82, 2.24) is 10.2 Å². The molecule has 0 aromatic carbocycles. The van der Waals surface area contributed by atoms with Gasteiger partial charge in [-0.25, -0.2) is 4.79 Å². The zero-order valence-corrected chi connectivity index (χ0v) is 13.7. The van der Waals surface area contributed by atoms with E-state index in [1.165, 1.54) is 0 Å². The molecule has 0 aliphatic rings. The summed E-state index contributed by atoms with van der Waals surface area (Å²) in [7, 11) is 1.79. The highest BCUT2D eigenvalue weighted by atomic mass is 32.2. The van der Waals surface area contributed by atoms with Crippen LogP contribution in [0.15, 0.2) is 0 Å². The number of nitrogens with one attached hydrogen (secondary N) is 1. The van der Waals surface area contributed by atoms with E-state index in [2.05, 4.69) is 12.2 Å². The van der Waals surface area contributed by atoms with Gasteiger partial charge in [0, 0.05) is 32.3 Å². The molecule has 0 saturated heterocycles. The van der Waals surface area contributed by atoms with Crippen molar-refractivity contribution in [2.45, 2.75) is 39.0 Å². The van der Waals surface area contributed by atoms with Crippen LogP contribution in [0.25, 0.3) is 0 Å². The normalized spacial score (nSPS) is 11.9. The van der Waals surface area contributed by atoms with Gasteiger partial charge in [-0.05, 0) is 25.0 Å². The van der Waals surface area contributed by atoms with Gasteiger partial charge in [0.15, 0.2) is 0 Å². The van der Waals surface area contributed by atoms with Gasteiger partial charge in [0.25, 0.3) is 0 Å². The van der Waals surface area contributed by atoms with E-state index in [1.807, 2.05) is 6.26 Å². The molecule has 6 heteroatoms. The average Bonchev–Trinajstić information content (AvgIpc) is 2.41. The summed E-state index contributed by atoms with van der Waals surface area (Å²) in [6, 6.07) is -0.0486. The van der Waals surface area contributed by atoms with E-state index in [-0.39, 0.29) is 12.5 Å². The van der Waals surface area contributed by atoms with Crippen LogP contribution >= 0.6 is 11.8 Å². The van der Waals surface area contributed by atoms with Gasteiger partial charge in [0.2, 0.25) is 0 Å². The van der Waals surface area contributed by atoms with Crippen molar-refractivity contribution in [2.24, 2.45) is 5.92 Å². The lowest BCUT2D eigenvalue weighted by molar-refractivity contribution is -0.137. The largest absolute Gasteiger partial charge is 0.481 e. The molecular weight excluding hydrogens is 276 g/mol. The molecule has 2 amide bonds. The molecule has 0 heterocycles. The number of hydrogen-bond acceptors (Lipinski definition) is 3. The summed E-state index contributed by atoms with van der Waals surface area (Å²) in [5.74, 6) is 0.570. The fourth-order valence-electron chi connectivity index (χ4n) is 2.02. The van der Waals surface area contributed by atoms with Gasteiger partial charge in [-0.2, -0.15) is 11.8 Å². The number of thioether (sulfide) groups is 1. The van der Waals surface area contributed by atoms with Crippen molar-refractivity contribution in [2.75, 3.05) is 32.1 Å². The fourth-order valence-corrected chi connectivity index (χ4v) is 2.47. The van der Waals surface area contributed by atoms with Gasteiger partial charge in [-0.3, -0.25) is 4.79 Å². The molecular formula is C14H28N2O3S. The molecule has 1 unspecified atom stereocenters. The van der Waals surface area contributed by atoms with Crippen LogP contribution in [0, 0.1) is 5.92 Å². The summed E-state index contributed by atoms with van der Waals surface area (Å²) < 4.78 is 0. The zero-order valence-electron chi connectivity index (χ0n) is 12.9. The molecule has 0 spiro atoms. The van der Waals surface area contributed by atoms with Crippen LogP contribution in [-0.4, -0.2) is 54.2 Å². The SMILES string of the molecule is CCCC(CCNC(=O)N(C)CCSC)CCC(=O)O. The number of amides is 2. The Morgan fingerprint density at radius 3 is 2.55 bits per heavy atom. The van der Waals surface area contributed by atoms with Crippen molar-refractivity contribution in [3.63, 3.8) is 0 Å². The smallest absolute Gasteiger partial charge is 0.317 e. The molecule has 20 heavy (non-hydrogen) atoms. The number of nitrogens with zero attached hydrogens (tertiary/aromatic N) is 1. The van der Waals surface area contributed by atoms with E-state index >= 15 is 0 Å². The number of rotatable bonds is 11. The summed E-state index contributed by atoms with van der Waals surface area (Å²) in [5.41, 5.74) is 0. The number of carboxylic acid groups (broad SMARTS) is 1. The maximum atomic E-state index is 11.8. The summed E-state index contributed by atoms with van der Waals surface area (Å²) in [6.45, 7) is 3.46. The van der Waals surface area contributed by atoms with Gasteiger partial charge in [-0.1, -0.05) is 19.8 Å². The highest BCUT2D eigenvalue weighted by Gasteiger charge is 2.12. The molecule has 0 fully saturated rings. The van der Waals surface area contributed by atoms with Crippen molar-refractivity contribution in [3.05, 3.63) is 0 Å². The molecule has 2 N–H and O–H groups in total. The third-order valence-electron chi connectivity index (χ3n) is 3.27.